The lowest BCUT2D eigenvalue weighted by Crippen LogP contribution is -2.21. The van der Waals surface area contributed by atoms with Crippen LogP contribution in [0.3, 0.4) is 0 Å². The van der Waals surface area contributed by atoms with Crippen LogP contribution < -0.4 is 5.32 Å². The molecule has 1 saturated heterocycles. The summed E-state index contributed by atoms with van der Waals surface area (Å²) in [6, 6.07) is 0.783. The second kappa shape index (κ2) is 5.15. The lowest BCUT2D eigenvalue weighted by Gasteiger charge is -2.14. The van der Waals surface area contributed by atoms with Gasteiger partial charge < -0.3 is 5.32 Å². The maximum absolute atomic E-state index is 4.78. The highest BCUT2D eigenvalue weighted by Crippen LogP contribution is 2.38. The molecule has 0 aromatic carbocycles. The van der Waals surface area contributed by atoms with Crippen LogP contribution in [0.4, 0.5) is 0 Å². The number of thiazole rings is 1. The van der Waals surface area contributed by atoms with E-state index in [9.17, 15) is 0 Å². The first kappa shape index (κ1) is 12.3. The molecule has 2 atom stereocenters. The van der Waals surface area contributed by atoms with Gasteiger partial charge in [-0.15, -0.1) is 11.3 Å². The zero-order chi connectivity index (χ0) is 12.7. The molecule has 3 aliphatic rings. The van der Waals surface area contributed by atoms with Gasteiger partial charge in [-0.2, -0.15) is 0 Å². The van der Waals surface area contributed by atoms with Gasteiger partial charge in [-0.3, -0.25) is 4.90 Å². The van der Waals surface area contributed by atoms with Crippen molar-refractivity contribution in [3.05, 3.63) is 16.1 Å². The monoisotopic (exact) mass is 277 g/mol. The van der Waals surface area contributed by atoms with E-state index in [1.165, 1.54) is 55.9 Å². The summed E-state index contributed by atoms with van der Waals surface area (Å²) in [4.78, 5) is 7.41. The number of rotatable bonds is 5. The van der Waals surface area contributed by atoms with E-state index < -0.39 is 0 Å². The largest absolute Gasteiger partial charge is 0.308 e. The van der Waals surface area contributed by atoms with Crippen LogP contribution in [0.2, 0.25) is 0 Å². The topological polar surface area (TPSA) is 28.2 Å². The minimum atomic E-state index is 0.783. The van der Waals surface area contributed by atoms with Gasteiger partial charge in [0.05, 0.1) is 5.69 Å². The van der Waals surface area contributed by atoms with Crippen molar-refractivity contribution in [3.63, 3.8) is 0 Å². The third-order valence-corrected chi connectivity index (χ3v) is 5.80. The molecule has 1 aliphatic heterocycles. The molecular formula is C15H23N3S. The minimum Gasteiger partial charge on any atom is -0.308 e. The molecule has 0 spiro atoms. The van der Waals surface area contributed by atoms with Crippen LogP contribution in [0.25, 0.3) is 0 Å². The van der Waals surface area contributed by atoms with Crippen LogP contribution in [-0.4, -0.2) is 29.0 Å². The minimum absolute atomic E-state index is 0.783. The van der Waals surface area contributed by atoms with E-state index in [1.54, 1.807) is 0 Å². The highest BCUT2D eigenvalue weighted by molar-refractivity contribution is 7.09. The number of nitrogens with one attached hydrogen (secondary N) is 1. The van der Waals surface area contributed by atoms with Crippen molar-refractivity contribution >= 4 is 11.3 Å². The molecule has 0 amide bonds. The Morgan fingerprint density at radius 2 is 2.00 bits per heavy atom. The number of fused-ring (bicyclic) bond motifs is 1. The van der Waals surface area contributed by atoms with Crippen molar-refractivity contribution in [1.29, 1.82) is 0 Å². The first-order valence-electron chi connectivity index (χ1n) is 7.76. The fourth-order valence-electron chi connectivity index (χ4n) is 3.71. The van der Waals surface area contributed by atoms with E-state index >= 15 is 0 Å². The molecule has 2 heterocycles. The van der Waals surface area contributed by atoms with E-state index in [0.29, 0.717) is 0 Å². The summed E-state index contributed by atoms with van der Waals surface area (Å²) in [5.74, 6) is 1.99. The molecule has 19 heavy (non-hydrogen) atoms. The van der Waals surface area contributed by atoms with Crippen LogP contribution >= 0.6 is 11.3 Å². The SMILES string of the molecule is c1sc(CNC2CC2)nc1CN1CC2CCCC2C1. The Bertz CT molecular complexity index is 428. The van der Waals surface area contributed by atoms with E-state index in [2.05, 4.69) is 15.6 Å². The normalized spacial score (nSPS) is 30.9. The molecule has 104 valence electrons. The van der Waals surface area contributed by atoms with Crippen LogP contribution in [0.1, 0.15) is 42.8 Å². The van der Waals surface area contributed by atoms with Crippen LogP contribution in [-0.2, 0) is 13.1 Å². The van der Waals surface area contributed by atoms with Crippen LogP contribution in [0.5, 0.6) is 0 Å². The molecule has 1 aromatic rings. The second-order valence-corrected chi connectivity index (χ2v) is 7.48. The average Bonchev–Trinajstić information content (AvgIpc) is 2.79. The fourth-order valence-corrected chi connectivity index (χ4v) is 4.45. The van der Waals surface area contributed by atoms with Gasteiger partial charge in [-0.1, -0.05) is 6.42 Å². The second-order valence-electron chi connectivity index (χ2n) is 6.53. The maximum atomic E-state index is 4.78. The van der Waals surface area contributed by atoms with Gasteiger partial charge in [0, 0.05) is 37.6 Å². The Morgan fingerprint density at radius 3 is 2.74 bits per heavy atom. The Kier molecular flexibility index (Phi) is 3.34. The molecule has 2 aliphatic carbocycles. The average molecular weight is 277 g/mol. The van der Waals surface area contributed by atoms with Crippen molar-refractivity contribution < 1.29 is 0 Å². The summed E-state index contributed by atoms with van der Waals surface area (Å²) in [5, 5.41) is 7.07. The predicted molar refractivity (Wildman–Crippen MR) is 78.1 cm³/mol. The Labute approximate surface area is 119 Å². The first-order chi connectivity index (χ1) is 9.37. The molecular weight excluding hydrogens is 254 g/mol. The zero-order valence-electron chi connectivity index (χ0n) is 11.5. The summed E-state index contributed by atoms with van der Waals surface area (Å²) in [6.45, 7) is 4.68. The number of hydrogen-bond acceptors (Lipinski definition) is 4. The molecule has 0 bridgehead atoms. The van der Waals surface area contributed by atoms with Gasteiger partial charge in [-0.25, -0.2) is 4.98 Å². The van der Waals surface area contributed by atoms with Gasteiger partial charge in [0.25, 0.3) is 0 Å². The number of likely N-dealkylation sites (tertiary alicyclic amines) is 1. The first-order valence-corrected chi connectivity index (χ1v) is 8.64. The van der Waals surface area contributed by atoms with E-state index in [0.717, 1.165) is 31.0 Å². The molecule has 1 N–H and O–H groups in total. The van der Waals surface area contributed by atoms with Crippen molar-refractivity contribution in [1.82, 2.24) is 15.2 Å². The molecule has 4 heteroatoms. The third-order valence-electron chi connectivity index (χ3n) is 4.91. The molecule has 2 saturated carbocycles. The van der Waals surface area contributed by atoms with Gasteiger partial charge in [0.1, 0.15) is 5.01 Å². The van der Waals surface area contributed by atoms with Crippen LogP contribution in [0, 0.1) is 11.8 Å². The number of aromatic nitrogens is 1. The van der Waals surface area contributed by atoms with E-state index in [-0.39, 0.29) is 0 Å². The fraction of sp³-hybridized carbons (Fsp3) is 0.800. The molecule has 2 unspecified atom stereocenters. The third kappa shape index (κ3) is 2.86. The van der Waals surface area contributed by atoms with Gasteiger partial charge in [-0.05, 0) is 37.5 Å². The van der Waals surface area contributed by atoms with Gasteiger partial charge >= 0.3 is 0 Å². The van der Waals surface area contributed by atoms with Crippen LogP contribution in [0.15, 0.2) is 5.38 Å². The molecule has 4 rings (SSSR count). The Balaban J connectivity index is 1.30. The van der Waals surface area contributed by atoms with Gasteiger partial charge in [0.2, 0.25) is 0 Å². The zero-order valence-corrected chi connectivity index (χ0v) is 12.3. The summed E-state index contributed by atoms with van der Waals surface area (Å²) >= 11 is 1.82. The molecule has 3 fully saturated rings. The van der Waals surface area contributed by atoms with Gasteiger partial charge in [0.15, 0.2) is 0 Å². The highest BCUT2D eigenvalue weighted by Gasteiger charge is 2.35. The maximum Gasteiger partial charge on any atom is 0.107 e. The van der Waals surface area contributed by atoms with E-state index in [4.69, 9.17) is 4.98 Å². The standard InChI is InChI=1S/C15H23N3S/c1-2-11-7-18(8-12(11)3-1)9-14-10-19-15(17-14)6-16-13-4-5-13/h10-13,16H,1-9H2. The Morgan fingerprint density at radius 1 is 1.21 bits per heavy atom. The molecule has 3 nitrogen and oxygen atoms in total. The summed E-state index contributed by atoms with van der Waals surface area (Å²) in [5.41, 5.74) is 1.29. The number of hydrogen-bond donors (Lipinski definition) is 1. The lowest BCUT2D eigenvalue weighted by atomic mass is 10.0. The quantitative estimate of drug-likeness (QED) is 0.897. The highest BCUT2D eigenvalue weighted by atomic mass is 32.1. The summed E-state index contributed by atoms with van der Waals surface area (Å²) < 4.78 is 0. The lowest BCUT2D eigenvalue weighted by molar-refractivity contribution is 0.300. The smallest absolute Gasteiger partial charge is 0.107 e. The van der Waals surface area contributed by atoms with Crippen molar-refractivity contribution in [2.75, 3.05) is 13.1 Å². The van der Waals surface area contributed by atoms with Crippen molar-refractivity contribution in [2.24, 2.45) is 11.8 Å². The number of nitrogens with zero attached hydrogens (tertiary/aromatic N) is 2. The molecule has 0 radical (unpaired) electrons. The summed E-state index contributed by atoms with van der Waals surface area (Å²) in [7, 11) is 0. The summed E-state index contributed by atoms with van der Waals surface area (Å²) in [6.07, 6.45) is 7.12. The molecule has 1 aromatic heterocycles. The predicted octanol–water partition coefficient (Wildman–Crippen LogP) is 2.63. The van der Waals surface area contributed by atoms with Crippen molar-refractivity contribution in [3.8, 4) is 0 Å². The Hall–Kier alpha value is -0.450. The van der Waals surface area contributed by atoms with E-state index in [1.807, 2.05) is 11.3 Å². The van der Waals surface area contributed by atoms with Crippen molar-refractivity contribution in [2.45, 2.75) is 51.2 Å².